The molecule has 0 amide bonds. The molecule has 0 aliphatic heterocycles. The number of hydrogen-bond acceptors (Lipinski definition) is 6. The molecular formula is C13H21NO5. The van der Waals surface area contributed by atoms with Crippen molar-refractivity contribution in [1.82, 2.24) is 4.98 Å². The van der Waals surface area contributed by atoms with Gasteiger partial charge in [0.15, 0.2) is 0 Å². The molecule has 6 nitrogen and oxygen atoms in total. The van der Waals surface area contributed by atoms with Crippen LogP contribution in [0.3, 0.4) is 0 Å². The van der Waals surface area contributed by atoms with Crippen LogP contribution in [0, 0.1) is 0 Å². The van der Waals surface area contributed by atoms with Gasteiger partial charge in [-0.3, -0.25) is 4.98 Å². The molecule has 1 aromatic rings. The minimum absolute atomic E-state index is 0.0908. The van der Waals surface area contributed by atoms with E-state index in [9.17, 15) is 0 Å². The lowest BCUT2D eigenvalue weighted by Gasteiger charge is -2.08. The number of rotatable bonds is 11. The summed E-state index contributed by atoms with van der Waals surface area (Å²) in [5.74, 6) is 0.680. The van der Waals surface area contributed by atoms with Gasteiger partial charge in [0, 0.05) is 19.4 Å². The molecule has 0 bridgehead atoms. The van der Waals surface area contributed by atoms with Gasteiger partial charge in [0.25, 0.3) is 0 Å². The molecule has 0 aromatic carbocycles. The average molecular weight is 271 g/mol. The third kappa shape index (κ3) is 7.74. The first-order chi connectivity index (χ1) is 9.36. The molecule has 0 spiro atoms. The van der Waals surface area contributed by atoms with E-state index in [-0.39, 0.29) is 6.61 Å². The largest absolute Gasteiger partial charge is 0.491 e. The number of ether oxygens (including phenoxy) is 4. The maximum absolute atomic E-state index is 8.93. The van der Waals surface area contributed by atoms with Crippen LogP contribution >= 0.6 is 0 Å². The predicted octanol–water partition coefficient (Wildman–Crippen LogP) is 0.632. The fraction of sp³-hybridized carbons (Fsp3) is 0.615. The summed E-state index contributed by atoms with van der Waals surface area (Å²) in [5.41, 5.74) is 0.588. The van der Waals surface area contributed by atoms with E-state index in [4.69, 9.17) is 24.1 Å². The molecule has 6 heteroatoms. The monoisotopic (exact) mass is 271 g/mol. The maximum atomic E-state index is 8.93. The minimum Gasteiger partial charge on any atom is -0.491 e. The molecule has 0 atom stereocenters. The summed E-state index contributed by atoms with van der Waals surface area (Å²) >= 11 is 0. The van der Waals surface area contributed by atoms with Gasteiger partial charge < -0.3 is 24.1 Å². The summed E-state index contributed by atoms with van der Waals surface area (Å²) in [5, 5.41) is 8.93. The Morgan fingerprint density at radius 2 is 1.74 bits per heavy atom. The zero-order valence-corrected chi connectivity index (χ0v) is 11.2. The molecule has 1 aromatic heterocycles. The normalized spacial score (nSPS) is 10.6. The number of aliphatic hydroxyl groups is 1. The zero-order chi connectivity index (χ0) is 13.8. The molecule has 1 N–H and O–H groups in total. The second-order valence-electron chi connectivity index (χ2n) is 3.71. The van der Waals surface area contributed by atoms with E-state index in [1.165, 1.54) is 0 Å². The second-order valence-corrected chi connectivity index (χ2v) is 3.71. The van der Waals surface area contributed by atoms with Crippen molar-refractivity contribution in [3.8, 4) is 5.75 Å². The maximum Gasteiger partial charge on any atom is 0.122 e. The molecule has 0 saturated carbocycles. The van der Waals surface area contributed by atoms with Gasteiger partial charge in [-0.25, -0.2) is 0 Å². The zero-order valence-electron chi connectivity index (χ0n) is 11.2. The number of aromatic nitrogens is 1. The van der Waals surface area contributed by atoms with Crippen LogP contribution in [0.5, 0.6) is 5.75 Å². The molecule has 0 aliphatic carbocycles. The van der Waals surface area contributed by atoms with Gasteiger partial charge in [0.05, 0.1) is 45.3 Å². The van der Waals surface area contributed by atoms with Crippen LogP contribution in [-0.2, 0) is 20.8 Å². The molecule has 19 heavy (non-hydrogen) atoms. The fourth-order valence-electron chi connectivity index (χ4n) is 1.31. The van der Waals surface area contributed by atoms with Gasteiger partial charge >= 0.3 is 0 Å². The van der Waals surface area contributed by atoms with Crippen LogP contribution < -0.4 is 4.74 Å². The quantitative estimate of drug-likeness (QED) is 0.595. The summed E-state index contributed by atoms with van der Waals surface area (Å²) in [6.07, 6.45) is 1.60. The first-order valence-electron chi connectivity index (χ1n) is 6.20. The molecular weight excluding hydrogens is 250 g/mol. The highest BCUT2D eigenvalue weighted by Gasteiger charge is 1.97. The van der Waals surface area contributed by atoms with Gasteiger partial charge in [-0.15, -0.1) is 0 Å². The van der Waals surface area contributed by atoms with Crippen molar-refractivity contribution in [1.29, 1.82) is 0 Å². The van der Waals surface area contributed by atoms with Gasteiger partial charge in [0.2, 0.25) is 0 Å². The highest BCUT2D eigenvalue weighted by molar-refractivity contribution is 5.22. The number of nitrogens with zero attached hydrogens (tertiary/aromatic N) is 1. The molecule has 108 valence electrons. The van der Waals surface area contributed by atoms with Crippen molar-refractivity contribution in [3.63, 3.8) is 0 Å². The van der Waals surface area contributed by atoms with Crippen molar-refractivity contribution >= 4 is 0 Å². The highest BCUT2D eigenvalue weighted by Crippen LogP contribution is 2.10. The van der Waals surface area contributed by atoms with Crippen LogP contribution in [0.4, 0.5) is 0 Å². The third-order valence-electron chi connectivity index (χ3n) is 2.25. The Kier molecular flexibility index (Phi) is 8.91. The molecule has 1 rings (SSSR count). The number of methoxy groups -OCH3 is 1. The highest BCUT2D eigenvalue weighted by atomic mass is 16.6. The SMILES string of the molecule is COCCOCCOCCOc1ccnc(CO)c1. The van der Waals surface area contributed by atoms with Crippen molar-refractivity contribution in [2.75, 3.05) is 46.8 Å². The van der Waals surface area contributed by atoms with Crippen molar-refractivity contribution < 1.29 is 24.1 Å². The smallest absolute Gasteiger partial charge is 0.122 e. The van der Waals surface area contributed by atoms with E-state index in [0.29, 0.717) is 51.1 Å². The summed E-state index contributed by atoms with van der Waals surface area (Å²) in [6, 6.07) is 3.45. The van der Waals surface area contributed by atoms with Crippen molar-refractivity contribution in [2.24, 2.45) is 0 Å². The lowest BCUT2D eigenvalue weighted by molar-refractivity contribution is 0.0179. The molecule has 0 aliphatic rings. The van der Waals surface area contributed by atoms with E-state index < -0.39 is 0 Å². The standard InChI is InChI=1S/C13H21NO5/c1-16-4-5-17-6-7-18-8-9-19-13-2-3-14-12(10-13)11-15/h2-3,10,15H,4-9,11H2,1H3. The lowest BCUT2D eigenvalue weighted by Crippen LogP contribution is -2.12. The lowest BCUT2D eigenvalue weighted by atomic mass is 10.3. The van der Waals surface area contributed by atoms with Gasteiger partial charge in [0.1, 0.15) is 12.4 Å². The van der Waals surface area contributed by atoms with Crippen LogP contribution in [0.25, 0.3) is 0 Å². The van der Waals surface area contributed by atoms with E-state index in [0.717, 1.165) is 0 Å². The van der Waals surface area contributed by atoms with Crippen LogP contribution in [0.1, 0.15) is 5.69 Å². The average Bonchev–Trinajstić information content (AvgIpc) is 2.46. The minimum atomic E-state index is -0.0908. The fourth-order valence-corrected chi connectivity index (χ4v) is 1.31. The van der Waals surface area contributed by atoms with Gasteiger partial charge in [-0.05, 0) is 6.07 Å². The molecule has 0 saturated heterocycles. The molecule has 0 unspecified atom stereocenters. The second kappa shape index (κ2) is 10.7. The number of hydrogen-bond donors (Lipinski definition) is 1. The third-order valence-corrected chi connectivity index (χ3v) is 2.25. The Morgan fingerprint density at radius 3 is 2.42 bits per heavy atom. The Labute approximate surface area is 113 Å². The topological polar surface area (TPSA) is 70.0 Å². The molecule has 0 radical (unpaired) electrons. The van der Waals surface area contributed by atoms with Gasteiger partial charge in [-0.2, -0.15) is 0 Å². The Bertz CT molecular complexity index is 335. The van der Waals surface area contributed by atoms with Gasteiger partial charge in [-0.1, -0.05) is 0 Å². The molecule has 0 fully saturated rings. The summed E-state index contributed by atoms with van der Waals surface area (Å²) in [6.45, 7) is 3.11. The van der Waals surface area contributed by atoms with Crippen molar-refractivity contribution in [2.45, 2.75) is 6.61 Å². The van der Waals surface area contributed by atoms with Crippen LogP contribution in [0.15, 0.2) is 18.3 Å². The number of pyridine rings is 1. The van der Waals surface area contributed by atoms with E-state index in [1.54, 1.807) is 25.4 Å². The first kappa shape index (κ1) is 15.8. The Morgan fingerprint density at radius 1 is 1.05 bits per heavy atom. The molecule has 1 heterocycles. The number of aliphatic hydroxyl groups excluding tert-OH is 1. The van der Waals surface area contributed by atoms with Crippen molar-refractivity contribution in [3.05, 3.63) is 24.0 Å². The van der Waals surface area contributed by atoms with Crippen LogP contribution in [-0.4, -0.2) is 56.8 Å². The predicted molar refractivity (Wildman–Crippen MR) is 69.2 cm³/mol. The van der Waals surface area contributed by atoms with E-state index in [1.807, 2.05) is 0 Å². The summed E-state index contributed by atoms with van der Waals surface area (Å²) in [4.78, 5) is 3.96. The summed E-state index contributed by atoms with van der Waals surface area (Å²) < 4.78 is 20.9. The summed E-state index contributed by atoms with van der Waals surface area (Å²) in [7, 11) is 1.64. The first-order valence-corrected chi connectivity index (χ1v) is 6.20. The Balaban J connectivity index is 1.98. The Hall–Kier alpha value is -1.21. The van der Waals surface area contributed by atoms with Crippen LogP contribution in [0.2, 0.25) is 0 Å². The van der Waals surface area contributed by atoms with E-state index >= 15 is 0 Å². The van der Waals surface area contributed by atoms with E-state index in [2.05, 4.69) is 4.98 Å².